The van der Waals surface area contributed by atoms with E-state index in [1.807, 2.05) is 6.92 Å². The quantitative estimate of drug-likeness (QED) is 0.747. The van der Waals surface area contributed by atoms with Crippen LogP contribution in [0.25, 0.3) is 0 Å². The normalized spacial score (nSPS) is 16.7. The summed E-state index contributed by atoms with van der Waals surface area (Å²) in [7, 11) is 0. The molecule has 0 aromatic heterocycles. The van der Waals surface area contributed by atoms with Gasteiger partial charge in [0.2, 0.25) is 5.91 Å². The summed E-state index contributed by atoms with van der Waals surface area (Å²) < 4.78 is 0. The van der Waals surface area contributed by atoms with E-state index in [1.54, 1.807) is 29.2 Å². The van der Waals surface area contributed by atoms with Crippen LogP contribution < -0.4 is 11.1 Å². The molecule has 1 aliphatic rings. The summed E-state index contributed by atoms with van der Waals surface area (Å²) in [6.45, 7) is 3.74. The molecule has 1 unspecified atom stereocenters. The lowest BCUT2D eigenvalue weighted by Gasteiger charge is -2.32. The number of Topliss-reactive ketones (excluding diaryl/α,β-unsaturated/α-hetero) is 1. The second-order valence-electron chi connectivity index (χ2n) is 6.02. The number of nitrogens with two attached hydrogens (primary N) is 1. The molecule has 0 aliphatic carbocycles. The van der Waals surface area contributed by atoms with Gasteiger partial charge in [-0.25, -0.2) is 0 Å². The van der Waals surface area contributed by atoms with Gasteiger partial charge in [0, 0.05) is 43.7 Å². The Hall–Kier alpha value is -1.92. The van der Waals surface area contributed by atoms with Crippen molar-refractivity contribution in [3.05, 3.63) is 35.4 Å². The van der Waals surface area contributed by atoms with Crippen LogP contribution in [0.5, 0.6) is 0 Å². The predicted octanol–water partition coefficient (Wildman–Crippen LogP) is 1.63. The average Bonchev–Trinajstić information content (AvgIpc) is 2.65. The fourth-order valence-electron chi connectivity index (χ4n) is 2.90. The predicted molar refractivity (Wildman–Crippen MR) is 99.0 cm³/mol. The smallest absolute Gasteiger partial charge is 0.253 e. The minimum atomic E-state index is -0.185. The zero-order chi connectivity index (χ0) is 17.5. The molecule has 0 bridgehead atoms. The number of carbonyl (C=O) groups excluding carboxylic acids is 3. The number of hydrogen-bond donors (Lipinski definition) is 2. The second kappa shape index (κ2) is 10.2. The molecular formula is C18H26ClN3O3. The van der Waals surface area contributed by atoms with E-state index in [-0.39, 0.29) is 35.9 Å². The Kier molecular flexibility index (Phi) is 8.58. The average molecular weight is 368 g/mol. The maximum absolute atomic E-state index is 12.6. The van der Waals surface area contributed by atoms with Crippen molar-refractivity contribution in [3.63, 3.8) is 0 Å². The molecule has 138 valence electrons. The largest absolute Gasteiger partial charge is 0.355 e. The molecule has 3 N–H and O–H groups in total. The van der Waals surface area contributed by atoms with Gasteiger partial charge in [-0.15, -0.1) is 12.4 Å². The Morgan fingerprint density at radius 1 is 1.20 bits per heavy atom. The summed E-state index contributed by atoms with van der Waals surface area (Å²) in [5.41, 5.74) is 6.56. The standard InChI is InChI=1S/C18H25N3O3.ClH/c1-2-16(22)13-5-7-14(8-6-13)18(24)21-11-3-4-15(12-21)17(23)20-10-9-19;/h5-8,15H,2-4,9-12,19H2,1H3,(H,20,23);1H. The minimum absolute atomic E-state index is 0. The molecule has 6 nitrogen and oxygen atoms in total. The molecule has 2 rings (SSSR count). The van der Waals surface area contributed by atoms with Gasteiger partial charge in [0.25, 0.3) is 5.91 Å². The molecule has 1 aliphatic heterocycles. The van der Waals surface area contributed by atoms with E-state index in [0.717, 1.165) is 12.8 Å². The van der Waals surface area contributed by atoms with Gasteiger partial charge in [-0.3, -0.25) is 14.4 Å². The number of rotatable bonds is 6. The van der Waals surface area contributed by atoms with Gasteiger partial charge in [-0.1, -0.05) is 19.1 Å². The van der Waals surface area contributed by atoms with Crippen LogP contribution in [0, 0.1) is 5.92 Å². The first-order chi connectivity index (χ1) is 11.6. The third-order valence-electron chi connectivity index (χ3n) is 4.30. The van der Waals surface area contributed by atoms with Crippen LogP contribution in [-0.4, -0.2) is 48.7 Å². The van der Waals surface area contributed by atoms with Gasteiger partial charge < -0.3 is 16.0 Å². The van der Waals surface area contributed by atoms with Gasteiger partial charge in [-0.2, -0.15) is 0 Å². The van der Waals surface area contributed by atoms with Crippen molar-refractivity contribution in [3.8, 4) is 0 Å². The Morgan fingerprint density at radius 3 is 2.44 bits per heavy atom. The highest BCUT2D eigenvalue weighted by Crippen LogP contribution is 2.19. The summed E-state index contributed by atoms with van der Waals surface area (Å²) in [6.07, 6.45) is 2.03. The van der Waals surface area contributed by atoms with E-state index in [1.165, 1.54) is 0 Å². The molecule has 1 saturated heterocycles. The highest BCUT2D eigenvalue weighted by molar-refractivity contribution is 5.98. The Bertz CT molecular complexity index is 604. The molecule has 1 fully saturated rings. The number of benzene rings is 1. The third kappa shape index (κ3) is 5.54. The lowest BCUT2D eigenvalue weighted by atomic mass is 9.96. The molecule has 25 heavy (non-hydrogen) atoms. The topological polar surface area (TPSA) is 92.5 Å². The molecule has 1 atom stereocenters. The van der Waals surface area contributed by atoms with E-state index in [0.29, 0.717) is 43.7 Å². The Balaban J connectivity index is 0.00000312. The molecular weight excluding hydrogens is 342 g/mol. The van der Waals surface area contributed by atoms with Gasteiger partial charge >= 0.3 is 0 Å². The first-order valence-corrected chi connectivity index (χ1v) is 8.47. The number of hydrogen-bond acceptors (Lipinski definition) is 4. The maximum atomic E-state index is 12.6. The van der Waals surface area contributed by atoms with Crippen molar-refractivity contribution in [2.24, 2.45) is 11.7 Å². The van der Waals surface area contributed by atoms with E-state index < -0.39 is 0 Å². The van der Waals surface area contributed by atoms with E-state index in [2.05, 4.69) is 5.32 Å². The van der Waals surface area contributed by atoms with Gasteiger partial charge in [0.1, 0.15) is 0 Å². The number of ketones is 1. The molecule has 0 saturated carbocycles. The van der Waals surface area contributed by atoms with Gasteiger partial charge in [0.05, 0.1) is 5.92 Å². The lowest BCUT2D eigenvalue weighted by molar-refractivity contribution is -0.126. The highest BCUT2D eigenvalue weighted by atomic mass is 35.5. The minimum Gasteiger partial charge on any atom is -0.355 e. The second-order valence-corrected chi connectivity index (χ2v) is 6.02. The maximum Gasteiger partial charge on any atom is 0.253 e. The van der Waals surface area contributed by atoms with Crippen molar-refractivity contribution >= 4 is 30.0 Å². The summed E-state index contributed by atoms with van der Waals surface area (Å²) in [6, 6.07) is 6.75. The number of likely N-dealkylation sites (tertiary alicyclic amines) is 1. The van der Waals surface area contributed by atoms with Gasteiger partial charge in [0.15, 0.2) is 5.78 Å². The molecule has 2 amide bonds. The van der Waals surface area contributed by atoms with Crippen LogP contribution in [0.3, 0.4) is 0 Å². The number of amides is 2. The Morgan fingerprint density at radius 2 is 1.84 bits per heavy atom. The number of nitrogens with zero attached hydrogens (tertiary/aromatic N) is 1. The molecule has 7 heteroatoms. The van der Waals surface area contributed by atoms with Crippen LogP contribution in [0.1, 0.15) is 46.9 Å². The first-order valence-electron chi connectivity index (χ1n) is 8.47. The first kappa shape index (κ1) is 21.1. The zero-order valence-electron chi connectivity index (χ0n) is 14.5. The van der Waals surface area contributed by atoms with Crippen molar-refractivity contribution in [1.29, 1.82) is 0 Å². The fraction of sp³-hybridized carbons (Fsp3) is 0.500. The van der Waals surface area contributed by atoms with Crippen LogP contribution in [0.4, 0.5) is 0 Å². The summed E-state index contributed by atoms with van der Waals surface area (Å²) in [4.78, 5) is 38.1. The van der Waals surface area contributed by atoms with Crippen LogP contribution in [0.15, 0.2) is 24.3 Å². The number of piperidine rings is 1. The van der Waals surface area contributed by atoms with E-state index in [4.69, 9.17) is 5.73 Å². The fourth-order valence-corrected chi connectivity index (χ4v) is 2.90. The monoisotopic (exact) mass is 367 g/mol. The van der Waals surface area contributed by atoms with E-state index >= 15 is 0 Å². The van der Waals surface area contributed by atoms with Crippen LogP contribution in [0.2, 0.25) is 0 Å². The highest BCUT2D eigenvalue weighted by Gasteiger charge is 2.28. The Labute approximate surface area is 154 Å². The molecule has 1 aromatic carbocycles. The molecule has 1 aromatic rings. The number of halogens is 1. The summed E-state index contributed by atoms with van der Waals surface area (Å²) in [5, 5.41) is 2.79. The third-order valence-corrected chi connectivity index (χ3v) is 4.30. The van der Waals surface area contributed by atoms with Gasteiger partial charge in [-0.05, 0) is 25.0 Å². The lowest BCUT2D eigenvalue weighted by Crippen LogP contribution is -2.46. The zero-order valence-corrected chi connectivity index (χ0v) is 15.3. The van der Waals surface area contributed by atoms with Crippen molar-refractivity contribution in [2.75, 3.05) is 26.2 Å². The summed E-state index contributed by atoms with van der Waals surface area (Å²) >= 11 is 0. The number of carbonyl (C=O) groups is 3. The van der Waals surface area contributed by atoms with E-state index in [9.17, 15) is 14.4 Å². The SMILES string of the molecule is CCC(=O)c1ccc(C(=O)N2CCCC(C(=O)NCCN)C2)cc1.Cl. The molecule has 1 heterocycles. The van der Waals surface area contributed by atoms with Crippen LogP contribution in [-0.2, 0) is 4.79 Å². The van der Waals surface area contributed by atoms with Crippen molar-refractivity contribution in [2.45, 2.75) is 26.2 Å². The van der Waals surface area contributed by atoms with Crippen LogP contribution >= 0.6 is 12.4 Å². The summed E-state index contributed by atoms with van der Waals surface area (Å²) in [5.74, 6) is -0.262. The molecule has 0 radical (unpaired) electrons. The van der Waals surface area contributed by atoms with Crippen molar-refractivity contribution < 1.29 is 14.4 Å². The molecule has 0 spiro atoms. The van der Waals surface area contributed by atoms with Crippen molar-refractivity contribution in [1.82, 2.24) is 10.2 Å². The number of nitrogens with one attached hydrogen (secondary N) is 1.